The summed E-state index contributed by atoms with van der Waals surface area (Å²) >= 11 is 10.9. The maximum atomic E-state index is 12.6. The lowest BCUT2D eigenvalue weighted by molar-refractivity contribution is 0.268. The zero-order chi connectivity index (χ0) is 14.9. The first-order valence-electron chi connectivity index (χ1n) is 6.45. The summed E-state index contributed by atoms with van der Waals surface area (Å²) in [5, 5.41) is 0.267. The predicted molar refractivity (Wildman–Crippen MR) is 84.5 cm³/mol. The summed E-state index contributed by atoms with van der Waals surface area (Å²) in [6.45, 7) is 2.49. The summed E-state index contributed by atoms with van der Waals surface area (Å²) in [4.78, 5) is 0.349. The summed E-state index contributed by atoms with van der Waals surface area (Å²) < 4.78 is 26.8. The number of halogens is 1. The molecule has 1 aromatic carbocycles. The Morgan fingerprint density at radius 2 is 2.15 bits per heavy atom. The van der Waals surface area contributed by atoms with Gasteiger partial charge in [-0.1, -0.05) is 30.2 Å². The number of nitrogens with zero attached hydrogens (tertiary/aromatic N) is 1. The second kappa shape index (κ2) is 5.97. The van der Waals surface area contributed by atoms with Gasteiger partial charge in [0.25, 0.3) is 0 Å². The molecule has 1 atom stereocenters. The molecule has 0 amide bonds. The molecule has 1 aliphatic heterocycles. The van der Waals surface area contributed by atoms with Crippen molar-refractivity contribution < 1.29 is 8.42 Å². The highest BCUT2D eigenvalue weighted by Crippen LogP contribution is 2.27. The maximum Gasteiger partial charge on any atom is 0.243 e. The van der Waals surface area contributed by atoms with Gasteiger partial charge >= 0.3 is 0 Å². The van der Waals surface area contributed by atoms with Gasteiger partial charge in [-0.2, -0.15) is 4.31 Å². The topological polar surface area (TPSA) is 63.4 Å². The van der Waals surface area contributed by atoms with Crippen molar-refractivity contribution in [3.05, 3.63) is 28.8 Å². The second-order valence-corrected chi connectivity index (χ2v) is 7.70. The van der Waals surface area contributed by atoms with E-state index in [-0.39, 0.29) is 20.9 Å². The zero-order valence-corrected chi connectivity index (χ0v) is 13.6. The number of thiocarbonyl (C=S) groups is 1. The minimum atomic E-state index is -3.51. The van der Waals surface area contributed by atoms with Gasteiger partial charge in [-0.05, 0) is 38.0 Å². The van der Waals surface area contributed by atoms with Gasteiger partial charge in [0.2, 0.25) is 10.0 Å². The number of hydrogen-bond donors (Lipinski definition) is 1. The maximum absolute atomic E-state index is 12.6. The Bertz CT molecular complexity index is 631. The minimum absolute atomic E-state index is 0.0165. The van der Waals surface area contributed by atoms with Crippen LogP contribution >= 0.6 is 23.8 Å². The second-order valence-electron chi connectivity index (χ2n) is 4.97. The standard InChI is InChI=1S/C13H17ClN2O2S2/c1-9-4-2-3-7-16(9)20(17,18)10-5-6-11(13(15)19)12(14)8-10/h5-6,8-9H,2-4,7H2,1H3,(H2,15,19). The fraction of sp³-hybridized carbons (Fsp3) is 0.462. The molecule has 2 N–H and O–H groups in total. The molecule has 1 unspecified atom stereocenters. The van der Waals surface area contributed by atoms with E-state index < -0.39 is 10.0 Å². The van der Waals surface area contributed by atoms with Gasteiger partial charge < -0.3 is 5.73 Å². The van der Waals surface area contributed by atoms with Crippen molar-refractivity contribution in [1.82, 2.24) is 4.31 Å². The van der Waals surface area contributed by atoms with Crippen LogP contribution in [0.5, 0.6) is 0 Å². The molecule has 0 radical (unpaired) electrons. The molecule has 1 aromatic rings. The molecule has 0 spiro atoms. The Kier molecular flexibility index (Phi) is 4.69. The molecule has 1 fully saturated rings. The number of piperidine rings is 1. The van der Waals surface area contributed by atoms with Crippen molar-refractivity contribution >= 4 is 38.8 Å². The molecule has 0 saturated carbocycles. The van der Waals surface area contributed by atoms with Gasteiger partial charge in [-0.15, -0.1) is 0 Å². The van der Waals surface area contributed by atoms with Crippen molar-refractivity contribution in [1.29, 1.82) is 0 Å². The number of nitrogens with two attached hydrogens (primary N) is 1. The molecule has 20 heavy (non-hydrogen) atoms. The third kappa shape index (κ3) is 2.98. The fourth-order valence-electron chi connectivity index (χ4n) is 2.42. The predicted octanol–water partition coefficient (Wildman–Crippen LogP) is 2.54. The van der Waals surface area contributed by atoms with Crippen molar-refractivity contribution in [2.75, 3.05) is 6.54 Å². The Morgan fingerprint density at radius 3 is 2.70 bits per heavy atom. The van der Waals surface area contributed by atoms with Crippen molar-refractivity contribution in [2.45, 2.75) is 37.1 Å². The average Bonchev–Trinajstić information content (AvgIpc) is 2.38. The molecule has 1 aliphatic rings. The fourth-order valence-corrected chi connectivity index (χ4v) is 4.73. The van der Waals surface area contributed by atoms with E-state index in [1.165, 1.54) is 12.1 Å². The molecule has 7 heteroatoms. The van der Waals surface area contributed by atoms with E-state index in [1.807, 2.05) is 6.92 Å². The molecular formula is C13H17ClN2O2S2. The average molecular weight is 333 g/mol. The summed E-state index contributed by atoms with van der Waals surface area (Å²) in [7, 11) is -3.51. The van der Waals surface area contributed by atoms with Crippen LogP contribution in [0, 0.1) is 0 Å². The van der Waals surface area contributed by atoms with E-state index in [9.17, 15) is 8.42 Å². The van der Waals surface area contributed by atoms with Gasteiger partial charge in [0, 0.05) is 18.2 Å². The van der Waals surface area contributed by atoms with Crippen molar-refractivity contribution in [2.24, 2.45) is 5.73 Å². The van der Waals surface area contributed by atoms with Crippen LogP contribution in [0.25, 0.3) is 0 Å². The van der Waals surface area contributed by atoms with Crippen LogP contribution in [0.15, 0.2) is 23.1 Å². The van der Waals surface area contributed by atoms with Crippen LogP contribution in [-0.4, -0.2) is 30.3 Å². The highest BCUT2D eigenvalue weighted by molar-refractivity contribution is 7.89. The third-order valence-electron chi connectivity index (χ3n) is 3.55. The smallest absolute Gasteiger partial charge is 0.243 e. The Hall–Kier alpha value is -0.690. The molecule has 0 aliphatic carbocycles. The van der Waals surface area contributed by atoms with Crippen molar-refractivity contribution in [3.8, 4) is 0 Å². The zero-order valence-electron chi connectivity index (χ0n) is 11.2. The van der Waals surface area contributed by atoms with E-state index in [1.54, 1.807) is 10.4 Å². The Balaban J connectivity index is 2.39. The van der Waals surface area contributed by atoms with Gasteiger partial charge in [-0.25, -0.2) is 8.42 Å². The summed E-state index contributed by atoms with van der Waals surface area (Å²) in [5.41, 5.74) is 6.02. The Morgan fingerprint density at radius 1 is 1.45 bits per heavy atom. The molecular weight excluding hydrogens is 316 g/mol. The summed E-state index contributed by atoms with van der Waals surface area (Å²) in [6.07, 6.45) is 2.84. The summed E-state index contributed by atoms with van der Waals surface area (Å²) in [6, 6.07) is 4.51. The van der Waals surface area contributed by atoms with E-state index in [2.05, 4.69) is 0 Å². The quantitative estimate of drug-likeness (QED) is 0.864. The van der Waals surface area contributed by atoms with Gasteiger partial charge in [0.15, 0.2) is 0 Å². The van der Waals surface area contributed by atoms with Crippen LogP contribution in [0.3, 0.4) is 0 Å². The van der Waals surface area contributed by atoms with Crippen molar-refractivity contribution in [3.63, 3.8) is 0 Å². The molecule has 4 nitrogen and oxygen atoms in total. The first kappa shape index (κ1) is 15.7. The molecule has 0 aromatic heterocycles. The first-order chi connectivity index (χ1) is 9.34. The number of hydrogen-bond acceptors (Lipinski definition) is 3. The van der Waals surface area contributed by atoms with E-state index in [0.717, 1.165) is 19.3 Å². The van der Waals surface area contributed by atoms with E-state index in [0.29, 0.717) is 12.1 Å². The lowest BCUT2D eigenvalue weighted by Crippen LogP contribution is -2.41. The summed E-state index contributed by atoms with van der Waals surface area (Å²) in [5.74, 6) is 0. The van der Waals surface area contributed by atoms with Crippen LogP contribution in [0.1, 0.15) is 31.7 Å². The monoisotopic (exact) mass is 332 g/mol. The number of benzene rings is 1. The number of rotatable bonds is 3. The molecule has 2 rings (SSSR count). The molecule has 1 heterocycles. The molecule has 110 valence electrons. The highest BCUT2D eigenvalue weighted by atomic mass is 35.5. The largest absolute Gasteiger partial charge is 0.389 e. The third-order valence-corrected chi connectivity index (χ3v) is 6.10. The molecule has 0 bridgehead atoms. The molecule has 1 saturated heterocycles. The lowest BCUT2D eigenvalue weighted by Gasteiger charge is -2.32. The van der Waals surface area contributed by atoms with E-state index >= 15 is 0 Å². The lowest BCUT2D eigenvalue weighted by atomic mass is 10.1. The van der Waals surface area contributed by atoms with E-state index in [4.69, 9.17) is 29.6 Å². The first-order valence-corrected chi connectivity index (χ1v) is 8.68. The van der Waals surface area contributed by atoms with Gasteiger partial charge in [0.1, 0.15) is 4.99 Å². The van der Waals surface area contributed by atoms with Gasteiger partial charge in [0.05, 0.1) is 9.92 Å². The minimum Gasteiger partial charge on any atom is -0.389 e. The number of sulfonamides is 1. The van der Waals surface area contributed by atoms with Crippen LogP contribution in [0.2, 0.25) is 5.02 Å². The Labute approximate surface area is 130 Å². The van der Waals surface area contributed by atoms with Crippen LogP contribution < -0.4 is 5.73 Å². The van der Waals surface area contributed by atoms with Gasteiger partial charge in [-0.3, -0.25) is 0 Å². The SMILES string of the molecule is CC1CCCCN1S(=O)(=O)c1ccc(C(N)=S)c(Cl)c1. The van der Waals surface area contributed by atoms with Crippen LogP contribution in [-0.2, 0) is 10.0 Å². The van der Waals surface area contributed by atoms with Crippen LogP contribution in [0.4, 0.5) is 0 Å². The normalized spacial score (nSPS) is 20.8. The highest BCUT2D eigenvalue weighted by Gasteiger charge is 2.31.